The van der Waals surface area contributed by atoms with Gasteiger partial charge in [-0.15, -0.1) is 0 Å². The number of hydrogen-bond donors (Lipinski definition) is 2. The summed E-state index contributed by atoms with van der Waals surface area (Å²) in [5.41, 5.74) is 0. The Kier molecular flexibility index (Phi) is 5.44. The van der Waals surface area contributed by atoms with Crippen LogP contribution in [0.5, 0.6) is 0 Å². The fourth-order valence-electron chi connectivity index (χ4n) is 2.58. The van der Waals surface area contributed by atoms with Crippen LogP contribution in [0.1, 0.15) is 46.0 Å². The normalized spacial score (nSPS) is 24.8. The molecule has 0 aromatic heterocycles. The van der Waals surface area contributed by atoms with E-state index < -0.39 is 0 Å². The molecule has 1 aliphatic carbocycles. The van der Waals surface area contributed by atoms with Crippen LogP contribution in [0.25, 0.3) is 0 Å². The molecule has 1 rings (SSSR count). The van der Waals surface area contributed by atoms with Gasteiger partial charge in [0.15, 0.2) is 0 Å². The minimum absolute atomic E-state index is 0.00199. The fourth-order valence-corrected chi connectivity index (χ4v) is 4.14. The van der Waals surface area contributed by atoms with Gasteiger partial charge in [-0.25, -0.2) is 0 Å². The lowest BCUT2D eigenvalue weighted by molar-refractivity contribution is 0.0333. The predicted molar refractivity (Wildman–Crippen MR) is 66.2 cm³/mol. The number of rotatable bonds is 5. The Hall–Kier alpha value is 0.270. The largest absolute Gasteiger partial charge is 0.396 e. The molecule has 0 aliphatic heterocycles. The van der Waals surface area contributed by atoms with Crippen molar-refractivity contribution in [2.75, 3.05) is 12.4 Å². The first kappa shape index (κ1) is 13.3. The van der Waals surface area contributed by atoms with Crippen LogP contribution in [0.3, 0.4) is 0 Å². The van der Waals surface area contributed by atoms with E-state index in [9.17, 15) is 5.11 Å². The third-order valence-corrected chi connectivity index (χ3v) is 5.01. The summed E-state index contributed by atoms with van der Waals surface area (Å²) in [6.45, 7) is 4.18. The third-order valence-electron chi connectivity index (χ3n) is 3.50. The van der Waals surface area contributed by atoms with E-state index in [0.29, 0.717) is 0 Å². The fraction of sp³-hybridized carbons (Fsp3) is 1.00. The highest BCUT2D eigenvalue weighted by atomic mass is 32.2. The summed E-state index contributed by atoms with van der Waals surface area (Å²) >= 11 is 1.89. The first-order valence-corrected chi connectivity index (χ1v) is 7.07. The van der Waals surface area contributed by atoms with Gasteiger partial charge in [0.2, 0.25) is 0 Å². The minimum Gasteiger partial charge on any atom is -0.396 e. The van der Waals surface area contributed by atoms with Crippen LogP contribution < -0.4 is 0 Å². The molecule has 0 saturated heterocycles. The topological polar surface area (TPSA) is 40.5 Å². The van der Waals surface area contributed by atoms with Crippen molar-refractivity contribution < 1.29 is 10.2 Å². The molecule has 0 unspecified atom stereocenters. The molecule has 0 aromatic rings. The minimum atomic E-state index is -0.354. The summed E-state index contributed by atoms with van der Waals surface area (Å²) < 4.78 is 0.0230. The first-order chi connectivity index (χ1) is 7.16. The second kappa shape index (κ2) is 6.12. The molecule has 0 radical (unpaired) electrons. The second-order valence-electron chi connectivity index (χ2n) is 4.66. The van der Waals surface area contributed by atoms with Gasteiger partial charge in [0.05, 0.1) is 6.10 Å². The van der Waals surface area contributed by atoms with Gasteiger partial charge in [-0.05, 0) is 18.6 Å². The van der Waals surface area contributed by atoms with Crippen LogP contribution in [-0.4, -0.2) is 33.4 Å². The van der Waals surface area contributed by atoms with Crippen LogP contribution in [0.15, 0.2) is 0 Å². The Labute approximate surface area is 97.5 Å². The maximum atomic E-state index is 10.3. The summed E-state index contributed by atoms with van der Waals surface area (Å²) in [5.74, 6) is 1.05. The van der Waals surface area contributed by atoms with Gasteiger partial charge >= 0.3 is 0 Å². The van der Waals surface area contributed by atoms with Crippen LogP contribution in [0.2, 0.25) is 0 Å². The van der Waals surface area contributed by atoms with Crippen molar-refractivity contribution in [3.63, 3.8) is 0 Å². The van der Waals surface area contributed by atoms with Crippen molar-refractivity contribution in [1.82, 2.24) is 0 Å². The van der Waals surface area contributed by atoms with E-state index in [2.05, 4.69) is 6.92 Å². The molecule has 1 fully saturated rings. The van der Waals surface area contributed by atoms with E-state index in [1.165, 1.54) is 19.3 Å². The molecule has 0 amide bonds. The second-order valence-corrected chi connectivity index (χ2v) is 6.34. The highest BCUT2D eigenvalue weighted by Gasteiger charge is 2.41. The zero-order valence-electron chi connectivity index (χ0n) is 9.91. The maximum Gasteiger partial charge on any atom is 0.0734 e. The van der Waals surface area contributed by atoms with Gasteiger partial charge in [-0.2, -0.15) is 11.8 Å². The molecule has 1 saturated carbocycles. The zero-order valence-corrected chi connectivity index (χ0v) is 10.7. The Morgan fingerprint density at radius 3 is 2.33 bits per heavy atom. The van der Waals surface area contributed by atoms with Crippen molar-refractivity contribution in [1.29, 1.82) is 0 Å². The smallest absolute Gasteiger partial charge is 0.0734 e. The van der Waals surface area contributed by atoms with Gasteiger partial charge in [0.25, 0.3) is 0 Å². The number of hydrogen-bond acceptors (Lipinski definition) is 3. The average Bonchev–Trinajstić information content (AvgIpc) is 2.28. The van der Waals surface area contributed by atoms with Crippen LogP contribution in [-0.2, 0) is 0 Å². The SMILES string of the molecule is CCSC1([C@@H](O)[C@@H](C)CO)CCCCC1. The number of aliphatic hydroxyl groups is 2. The van der Waals surface area contributed by atoms with E-state index in [0.717, 1.165) is 18.6 Å². The summed E-state index contributed by atoms with van der Waals surface area (Å²) in [6, 6.07) is 0. The van der Waals surface area contributed by atoms with Crippen molar-refractivity contribution in [2.24, 2.45) is 5.92 Å². The summed E-state index contributed by atoms with van der Waals surface area (Å²) in [7, 11) is 0. The summed E-state index contributed by atoms with van der Waals surface area (Å²) in [6.07, 6.45) is 5.61. The molecule has 15 heavy (non-hydrogen) atoms. The standard InChI is InChI=1S/C12H24O2S/c1-3-15-12(7-5-4-6-8-12)11(14)10(2)9-13/h10-11,13-14H,3-9H2,1-2H3/t10-,11-/m0/s1. The molecule has 0 heterocycles. The Morgan fingerprint density at radius 2 is 1.87 bits per heavy atom. The monoisotopic (exact) mass is 232 g/mol. The molecule has 90 valence electrons. The Bertz CT molecular complexity index is 173. The highest BCUT2D eigenvalue weighted by molar-refractivity contribution is 8.00. The summed E-state index contributed by atoms with van der Waals surface area (Å²) in [5, 5.41) is 19.5. The van der Waals surface area contributed by atoms with Crippen LogP contribution >= 0.6 is 11.8 Å². The zero-order chi connectivity index (χ0) is 11.3. The van der Waals surface area contributed by atoms with Gasteiger partial charge in [-0.3, -0.25) is 0 Å². The van der Waals surface area contributed by atoms with Crippen molar-refractivity contribution in [2.45, 2.75) is 56.8 Å². The molecule has 0 spiro atoms. The lowest BCUT2D eigenvalue weighted by Crippen LogP contribution is -2.45. The van der Waals surface area contributed by atoms with Gasteiger partial charge in [0, 0.05) is 17.3 Å². The Balaban J connectivity index is 2.69. The van der Waals surface area contributed by atoms with Crippen molar-refractivity contribution in [3.05, 3.63) is 0 Å². The molecule has 1 aliphatic rings. The van der Waals surface area contributed by atoms with Gasteiger partial charge in [-0.1, -0.05) is 33.1 Å². The molecule has 3 heteroatoms. The number of thioether (sulfide) groups is 1. The Morgan fingerprint density at radius 1 is 1.27 bits per heavy atom. The molecule has 2 N–H and O–H groups in total. The van der Waals surface area contributed by atoms with E-state index in [-0.39, 0.29) is 23.4 Å². The van der Waals surface area contributed by atoms with Crippen molar-refractivity contribution >= 4 is 11.8 Å². The molecule has 2 nitrogen and oxygen atoms in total. The first-order valence-electron chi connectivity index (χ1n) is 6.09. The maximum absolute atomic E-state index is 10.3. The lowest BCUT2D eigenvalue weighted by Gasteiger charge is -2.42. The molecular formula is C12H24O2S. The summed E-state index contributed by atoms with van der Waals surface area (Å²) in [4.78, 5) is 0. The molecule has 0 aromatic carbocycles. The molecular weight excluding hydrogens is 208 g/mol. The van der Waals surface area contributed by atoms with E-state index in [1.54, 1.807) is 0 Å². The number of aliphatic hydroxyl groups excluding tert-OH is 2. The van der Waals surface area contributed by atoms with E-state index in [4.69, 9.17) is 5.11 Å². The van der Waals surface area contributed by atoms with Gasteiger partial charge < -0.3 is 10.2 Å². The third kappa shape index (κ3) is 3.11. The van der Waals surface area contributed by atoms with Crippen molar-refractivity contribution in [3.8, 4) is 0 Å². The van der Waals surface area contributed by atoms with E-state index in [1.807, 2.05) is 18.7 Å². The van der Waals surface area contributed by atoms with Crippen LogP contribution in [0.4, 0.5) is 0 Å². The molecule has 0 bridgehead atoms. The predicted octanol–water partition coefficient (Wildman–Crippen LogP) is 2.43. The molecule has 2 atom stereocenters. The van der Waals surface area contributed by atoms with Gasteiger partial charge in [0.1, 0.15) is 0 Å². The highest BCUT2D eigenvalue weighted by Crippen LogP contribution is 2.44. The van der Waals surface area contributed by atoms with Crippen LogP contribution in [0, 0.1) is 5.92 Å². The van der Waals surface area contributed by atoms with E-state index >= 15 is 0 Å². The quantitative estimate of drug-likeness (QED) is 0.765. The average molecular weight is 232 g/mol. The lowest BCUT2D eigenvalue weighted by atomic mass is 9.80.